The Kier molecular flexibility index (Phi) is 3.99. The molecule has 0 fully saturated rings. The molecule has 0 spiro atoms. The lowest BCUT2D eigenvalue weighted by atomic mass is 10.2. The Morgan fingerprint density at radius 3 is 2.75 bits per heavy atom. The number of carboxylic acids is 1. The number of carboxylic acid groups (broad SMARTS) is 1. The molecule has 86 valence electrons. The average molecular weight is 227 g/mol. The largest absolute Gasteiger partial charge is 0.478 e. The first-order valence-electron chi connectivity index (χ1n) is 4.56. The van der Waals surface area contributed by atoms with Gasteiger partial charge in [0.15, 0.2) is 0 Å². The summed E-state index contributed by atoms with van der Waals surface area (Å²) < 4.78 is 25.9. The topological polar surface area (TPSA) is 40.5 Å². The maximum absolute atomic E-state index is 13.3. The number of benzene rings is 1. The maximum Gasteiger partial charge on any atom is 0.328 e. The molecule has 0 heterocycles. The van der Waals surface area contributed by atoms with E-state index in [-0.39, 0.29) is 12.2 Å². The van der Waals surface area contributed by atoms with Crippen molar-refractivity contribution in [2.75, 3.05) is 18.5 Å². The fourth-order valence-corrected chi connectivity index (χ4v) is 1.20. The molecule has 0 radical (unpaired) electrons. The van der Waals surface area contributed by atoms with Crippen molar-refractivity contribution in [2.24, 2.45) is 0 Å². The van der Waals surface area contributed by atoms with Crippen molar-refractivity contribution in [3.05, 3.63) is 42.0 Å². The van der Waals surface area contributed by atoms with E-state index in [1.807, 2.05) is 0 Å². The molecule has 0 aromatic heterocycles. The molecule has 0 bridgehead atoms. The molecular weight excluding hydrogens is 216 g/mol. The van der Waals surface area contributed by atoms with Gasteiger partial charge in [0.2, 0.25) is 0 Å². The van der Waals surface area contributed by atoms with Crippen LogP contribution in [0.4, 0.5) is 14.5 Å². The molecule has 5 heteroatoms. The number of hydrogen-bond acceptors (Lipinski definition) is 2. The second-order valence-electron chi connectivity index (χ2n) is 3.22. The second kappa shape index (κ2) is 5.25. The zero-order valence-corrected chi connectivity index (χ0v) is 8.65. The predicted octanol–water partition coefficient (Wildman–Crippen LogP) is 2.04. The fraction of sp³-hybridized carbons (Fsp3) is 0.182. The van der Waals surface area contributed by atoms with Gasteiger partial charge in [-0.3, -0.25) is 0 Å². The Morgan fingerprint density at radius 2 is 2.19 bits per heavy atom. The lowest BCUT2D eigenvalue weighted by molar-refractivity contribution is -0.131. The van der Waals surface area contributed by atoms with Crippen LogP contribution < -0.4 is 4.90 Å². The van der Waals surface area contributed by atoms with Crippen molar-refractivity contribution in [1.82, 2.24) is 0 Å². The van der Waals surface area contributed by atoms with Crippen LogP contribution >= 0.6 is 0 Å². The zero-order chi connectivity index (χ0) is 12.1. The molecule has 0 aliphatic rings. The van der Waals surface area contributed by atoms with Crippen LogP contribution in [-0.2, 0) is 4.79 Å². The highest BCUT2D eigenvalue weighted by Crippen LogP contribution is 2.18. The van der Waals surface area contributed by atoms with Gasteiger partial charge in [0.1, 0.15) is 11.6 Å². The van der Waals surface area contributed by atoms with E-state index in [9.17, 15) is 13.6 Å². The minimum atomic E-state index is -1.06. The first-order valence-corrected chi connectivity index (χ1v) is 4.56. The minimum absolute atomic E-state index is 0.219. The van der Waals surface area contributed by atoms with Crippen LogP contribution in [0.2, 0.25) is 0 Å². The molecule has 0 aliphatic carbocycles. The van der Waals surface area contributed by atoms with E-state index >= 15 is 0 Å². The SMILES string of the molecule is CN(C/C=C/C(=O)O)c1ccc(F)cc1F. The Bertz CT molecular complexity index is 418. The van der Waals surface area contributed by atoms with Crippen LogP contribution in [0.1, 0.15) is 0 Å². The summed E-state index contributed by atoms with van der Waals surface area (Å²) in [4.78, 5) is 11.7. The summed E-state index contributed by atoms with van der Waals surface area (Å²) in [6.45, 7) is 0.231. The van der Waals surface area contributed by atoms with Crippen molar-refractivity contribution in [3.8, 4) is 0 Å². The third-order valence-corrected chi connectivity index (χ3v) is 1.96. The summed E-state index contributed by atoms with van der Waals surface area (Å²) in [6.07, 6.45) is 2.35. The van der Waals surface area contributed by atoms with Gasteiger partial charge in [-0.1, -0.05) is 6.08 Å². The number of aliphatic carboxylic acids is 1. The summed E-state index contributed by atoms with van der Waals surface area (Å²) in [6, 6.07) is 3.24. The number of rotatable bonds is 4. The molecule has 1 aromatic carbocycles. The monoisotopic (exact) mass is 227 g/mol. The van der Waals surface area contributed by atoms with Crippen LogP contribution in [0.5, 0.6) is 0 Å². The summed E-state index contributed by atoms with van der Waals surface area (Å²) in [5.74, 6) is -2.38. The molecule has 1 rings (SSSR count). The number of hydrogen-bond donors (Lipinski definition) is 1. The molecule has 1 aromatic rings. The van der Waals surface area contributed by atoms with E-state index in [2.05, 4.69) is 0 Å². The van der Waals surface area contributed by atoms with Crippen molar-refractivity contribution in [3.63, 3.8) is 0 Å². The van der Waals surface area contributed by atoms with E-state index in [1.165, 1.54) is 17.0 Å². The molecule has 1 N–H and O–H groups in total. The Hall–Kier alpha value is -1.91. The summed E-state index contributed by atoms with van der Waals surface area (Å²) >= 11 is 0. The Labute approximate surface area is 91.6 Å². The molecule has 0 aliphatic heterocycles. The van der Waals surface area contributed by atoms with E-state index in [0.29, 0.717) is 0 Å². The fourth-order valence-electron chi connectivity index (χ4n) is 1.20. The van der Waals surface area contributed by atoms with E-state index < -0.39 is 17.6 Å². The van der Waals surface area contributed by atoms with Crippen LogP contribution in [0, 0.1) is 11.6 Å². The average Bonchev–Trinajstić information content (AvgIpc) is 2.16. The molecule has 0 atom stereocenters. The quantitative estimate of drug-likeness (QED) is 0.800. The normalized spacial score (nSPS) is 10.7. The molecule has 0 amide bonds. The second-order valence-corrected chi connectivity index (χ2v) is 3.22. The number of anilines is 1. The van der Waals surface area contributed by atoms with Crippen molar-refractivity contribution in [2.45, 2.75) is 0 Å². The molecule has 0 unspecified atom stereocenters. The standard InChI is InChI=1S/C11H11F2NO2/c1-14(6-2-3-11(15)16)10-5-4-8(12)7-9(10)13/h2-5,7H,6H2,1H3,(H,15,16)/b3-2+. The van der Waals surface area contributed by atoms with Crippen molar-refractivity contribution in [1.29, 1.82) is 0 Å². The van der Waals surface area contributed by atoms with Gasteiger partial charge in [0.05, 0.1) is 5.69 Å². The van der Waals surface area contributed by atoms with Gasteiger partial charge in [-0.05, 0) is 12.1 Å². The molecular formula is C11H11F2NO2. The molecule has 16 heavy (non-hydrogen) atoms. The van der Waals surface area contributed by atoms with Gasteiger partial charge in [0, 0.05) is 25.7 Å². The van der Waals surface area contributed by atoms with Gasteiger partial charge in [0.25, 0.3) is 0 Å². The molecule has 0 saturated carbocycles. The minimum Gasteiger partial charge on any atom is -0.478 e. The third kappa shape index (κ3) is 3.34. The number of carbonyl (C=O) groups is 1. The van der Waals surface area contributed by atoms with E-state index in [0.717, 1.165) is 18.2 Å². The lowest BCUT2D eigenvalue weighted by Gasteiger charge is -2.17. The smallest absolute Gasteiger partial charge is 0.328 e. The zero-order valence-electron chi connectivity index (χ0n) is 8.65. The van der Waals surface area contributed by atoms with Crippen molar-refractivity contribution >= 4 is 11.7 Å². The third-order valence-electron chi connectivity index (χ3n) is 1.96. The Morgan fingerprint density at radius 1 is 1.50 bits per heavy atom. The number of halogens is 2. The van der Waals surface area contributed by atoms with Gasteiger partial charge < -0.3 is 10.0 Å². The summed E-state index contributed by atoms with van der Waals surface area (Å²) in [7, 11) is 1.59. The highest BCUT2D eigenvalue weighted by molar-refractivity contribution is 5.79. The number of likely N-dealkylation sites (N-methyl/N-ethyl adjacent to an activating group) is 1. The van der Waals surface area contributed by atoms with Crippen LogP contribution in [0.3, 0.4) is 0 Å². The van der Waals surface area contributed by atoms with Gasteiger partial charge >= 0.3 is 5.97 Å². The van der Waals surface area contributed by atoms with Crippen LogP contribution in [0.15, 0.2) is 30.4 Å². The molecule has 0 saturated heterocycles. The summed E-state index contributed by atoms with van der Waals surface area (Å²) in [5, 5.41) is 8.36. The highest BCUT2D eigenvalue weighted by Gasteiger charge is 2.07. The van der Waals surface area contributed by atoms with Crippen LogP contribution in [-0.4, -0.2) is 24.7 Å². The van der Waals surface area contributed by atoms with Gasteiger partial charge in [-0.15, -0.1) is 0 Å². The first kappa shape index (κ1) is 12.2. The molecule has 3 nitrogen and oxygen atoms in total. The lowest BCUT2D eigenvalue weighted by Crippen LogP contribution is -2.18. The maximum atomic E-state index is 13.3. The van der Waals surface area contributed by atoms with Gasteiger partial charge in [-0.2, -0.15) is 0 Å². The van der Waals surface area contributed by atoms with E-state index in [4.69, 9.17) is 5.11 Å². The van der Waals surface area contributed by atoms with E-state index in [1.54, 1.807) is 7.05 Å². The first-order chi connectivity index (χ1) is 7.50. The summed E-state index contributed by atoms with van der Waals surface area (Å²) in [5.41, 5.74) is 0.219. The van der Waals surface area contributed by atoms with Crippen molar-refractivity contribution < 1.29 is 18.7 Å². The predicted molar refractivity (Wildman–Crippen MR) is 56.4 cm³/mol. The van der Waals surface area contributed by atoms with Gasteiger partial charge in [-0.25, -0.2) is 13.6 Å². The van der Waals surface area contributed by atoms with Crippen LogP contribution in [0.25, 0.3) is 0 Å². The number of nitrogens with zero attached hydrogens (tertiary/aromatic N) is 1. The Balaban J connectivity index is 2.73. The highest BCUT2D eigenvalue weighted by atomic mass is 19.1.